The average molecular weight is 407 g/mol. The quantitative estimate of drug-likeness (QED) is 0.637. The van der Waals surface area contributed by atoms with Crippen molar-refractivity contribution in [3.05, 3.63) is 77.9 Å². The molecule has 0 amide bonds. The number of phenolic OH excluding ortho intramolecular Hbond substituents is 1. The van der Waals surface area contributed by atoms with Crippen molar-refractivity contribution in [1.29, 1.82) is 0 Å². The minimum absolute atomic E-state index is 0.123. The molecule has 2 fully saturated rings. The molecule has 8 atom stereocenters. The van der Waals surface area contributed by atoms with E-state index >= 15 is 4.39 Å². The summed E-state index contributed by atoms with van der Waals surface area (Å²) in [7, 11) is 0. The molecule has 0 unspecified atom stereocenters. The molecule has 0 heterocycles. The second kappa shape index (κ2) is 7.23. The second-order valence-corrected chi connectivity index (χ2v) is 10.1. The number of aliphatic hydroxyl groups is 1. The Morgan fingerprint density at radius 1 is 1.17 bits per heavy atom. The van der Waals surface area contributed by atoms with Gasteiger partial charge >= 0.3 is 0 Å². The topological polar surface area (TPSA) is 40.5 Å². The molecule has 2 aromatic carbocycles. The fourth-order valence-corrected chi connectivity index (χ4v) is 7.43. The molecule has 3 aliphatic carbocycles. The number of benzene rings is 2. The van der Waals surface area contributed by atoms with Crippen molar-refractivity contribution in [1.82, 2.24) is 0 Å². The number of hydrogen-bond acceptors (Lipinski definition) is 2. The minimum atomic E-state index is -0.944. The lowest BCUT2D eigenvalue weighted by Gasteiger charge is -2.55. The van der Waals surface area contributed by atoms with Crippen LogP contribution in [0.1, 0.15) is 54.7 Å². The molecule has 3 heteroatoms. The Morgan fingerprint density at radius 3 is 2.67 bits per heavy atom. The van der Waals surface area contributed by atoms with Gasteiger partial charge in [-0.2, -0.15) is 0 Å². The molecule has 5 rings (SSSR count). The van der Waals surface area contributed by atoms with Crippen LogP contribution in [0.2, 0.25) is 0 Å². The normalized spacial score (nSPS) is 39.6. The molecule has 0 aromatic heterocycles. The second-order valence-electron chi connectivity index (χ2n) is 10.1. The van der Waals surface area contributed by atoms with Gasteiger partial charge in [-0.15, -0.1) is 6.58 Å². The highest BCUT2D eigenvalue weighted by Crippen LogP contribution is 2.66. The van der Waals surface area contributed by atoms with Crippen LogP contribution in [0.3, 0.4) is 0 Å². The van der Waals surface area contributed by atoms with E-state index in [2.05, 4.69) is 37.8 Å². The van der Waals surface area contributed by atoms with Gasteiger partial charge in [-0.25, -0.2) is 4.39 Å². The Morgan fingerprint density at radius 2 is 1.93 bits per heavy atom. The van der Waals surface area contributed by atoms with E-state index in [9.17, 15) is 10.2 Å². The van der Waals surface area contributed by atoms with Crippen LogP contribution in [0.5, 0.6) is 5.75 Å². The van der Waals surface area contributed by atoms with E-state index in [1.54, 1.807) is 6.07 Å². The summed E-state index contributed by atoms with van der Waals surface area (Å²) < 4.78 is 15.9. The van der Waals surface area contributed by atoms with Crippen LogP contribution in [-0.2, 0) is 6.42 Å². The molecule has 2 nitrogen and oxygen atoms in total. The molecule has 2 N–H and O–H groups in total. The molecule has 0 aliphatic heterocycles. The van der Waals surface area contributed by atoms with Gasteiger partial charge in [0.15, 0.2) is 0 Å². The molecule has 0 spiro atoms. The first-order chi connectivity index (χ1) is 14.4. The first-order valence-corrected chi connectivity index (χ1v) is 11.2. The molecule has 2 aromatic rings. The molecule has 2 saturated carbocycles. The van der Waals surface area contributed by atoms with Crippen LogP contribution in [0, 0.1) is 23.2 Å². The van der Waals surface area contributed by atoms with Gasteiger partial charge in [-0.3, -0.25) is 0 Å². The molecule has 158 valence electrons. The van der Waals surface area contributed by atoms with Gasteiger partial charge in [-0.05, 0) is 83.6 Å². The van der Waals surface area contributed by atoms with Gasteiger partial charge in [-0.1, -0.05) is 49.4 Å². The van der Waals surface area contributed by atoms with Gasteiger partial charge in [0.1, 0.15) is 11.9 Å². The van der Waals surface area contributed by atoms with E-state index in [-0.39, 0.29) is 40.8 Å². The maximum Gasteiger partial charge on any atom is 0.115 e. The molecule has 3 aliphatic rings. The number of aromatic hydroxyl groups is 1. The molecule has 30 heavy (non-hydrogen) atoms. The summed E-state index contributed by atoms with van der Waals surface area (Å²) in [6.07, 6.45) is 3.30. The number of fused-ring (bicyclic) bond motifs is 5. The van der Waals surface area contributed by atoms with E-state index < -0.39 is 12.3 Å². The predicted molar refractivity (Wildman–Crippen MR) is 117 cm³/mol. The third-order valence-electron chi connectivity index (χ3n) is 8.37. The monoisotopic (exact) mass is 406 g/mol. The maximum absolute atomic E-state index is 15.9. The molecular formula is C27H31FO2. The average Bonchev–Trinajstić information content (AvgIpc) is 2.97. The van der Waals surface area contributed by atoms with Crippen molar-refractivity contribution in [3.8, 4) is 5.75 Å². The largest absolute Gasteiger partial charge is 0.508 e. The van der Waals surface area contributed by atoms with Crippen molar-refractivity contribution in [2.45, 2.75) is 56.7 Å². The van der Waals surface area contributed by atoms with E-state index in [1.165, 1.54) is 5.56 Å². The first kappa shape index (κ1) is 19.8. The van der Waals surface area contributed by atoms with Crippen LogP contribution in [0.4, 0.5) is 4.39 Å². The van der Waals surface area contributed by atoms with Gasteiger partial charge in [0.05, 0.1) is 6.10 Å². The highest BCUT2D eigenvalue weighted by Gasteiger charge is 2.62. The predicted octanol–water partition coefficient (Wildman–Crippen LogP) is 5.75. The fraction of sp³-hybridized carbons (Fsp3) is 0.481. The number of phenols is 1. The van der Waals surface area contributed by atoms with Gasteiger partial charge in [0.2, 0.25) is 0 Å². The number of allylic oxidation sites excluding steroid dienone is 1. The van der Waals surface area contributed by atoms with Crippen molar-refractivity contribution in [2.75, 3.05) is 0 Å². The van der Waals surface area contributed by atoms with E-state index in [4.69, 9.17) is 0 Å². The molecule has 0 radical (unpaired) electrons. The zero-order valence-electron chi connectivity index (χ0n) is 17.5. The number of aliphatic hydroxyl groups excluding tert-OH is 1. The molecule has 0 saturated heterocycles. The van der Waals surface area contributed by atoms with Gasteiger partial charge in [0, 0.05) is 5.92 Å². The lowest BCUT2D eigenvalue weighted by Crippen LogP contribution is -2.50. The van der Waals surface area contributed by atoms with Crippen LogP contribution in [0.25, 0.3) is 0 Å². The van der Waals surface area contributed by atoms with Crippen LogP contribution in [-0.4, -0.2) is 22.5 Å². The summed E-state index contributed by atoms with van der Waals surface area (Å²) in [4.78, 5) is 0. The van der Waals surface area contributed by atoms with Crippen LogP contribution < -0.4 is 0 Å². The van der Waals surface area contributed by atoms with Crippen molar-refractivity contribution in [2.24, 2.45) is 23.2 Å². The zero-order chi connectivity index (χ0) is 21.0. The highest BCUT2D eigenvalue weighted by atomic mass is 19.1. The maximum atomic E-state index is 15.9. The Hall–Kier alpha value is -2.13. The summed E-state index contributed by atoms with van der Waals surface area (Å²) in [5.74, 6) is 0.712. The number of rotatable bonds is 3. The SMILES string of the molecule is C=CC[C@@H]1[C@H]2[C@H]3[C@@H](c4ccc(O)cc4C[C@H]3c3ccccc3)[C@@H](F)C[C@]2(C)C[C@@H]1O. The van der Waals surface area contributed by atoms with Gasteiger partial charge in [0.25, 0.3) is 0 Å². The third kappa shape index (κ3) is 2.93. The molecular weight excluding hydrogens is 375 g/mol. The number of hydrogen-bond donors (Lipinski definition) is 2. The van der Waals surface area contributed by atoms with Crippen molar-refractivity contribution >= 4 is 0 Å². The summed E-state index contributed by atoms with van der Waals surface area (Å²) in [6, 6.07) is 15.9. The van der Waals surface area contributed by atoms with E-state index in [0.29, 0.717) is 12.8 Å². The first-order valence-electron chi connectivity index (χ1n) is 11.2. The fourth-order valence-electron chi connectivity index (χ4n) is 7.43. The minimum Gasteiger partial charge on any atom is -0.508 e. The number of halogens is 1. The Bertz CT molecular complexity index is 941. The summed E-state index contributed by atoms with van der Waals surface area (Å²) in [5, 5.41) is 21.1. The highest BCUT2D eigenvalue weighted by molar-refractivity contribution is 5.44. The molecule has 0 bridgehead atoms. The smallest absolute Gasteiger partial charge is 0.115 e. The Balaban J connectivity index is 1.69. The Labute approximate surface area is 178 Å². The van der Waals surface area contributed by atoms with Crippen LogP contribution >= 0.6 is 0 Å². The third-order valence-corrected chi connectivity index (χ3v) is 8.37. The standard InChI is InChI=1S/C27H31FO2/c1-3-7-20-23(30)15-27(2)14-22(28)24-19-11-10-18(29)12-17(19)13-21(25(24)26(20)27)16-8-5-4-6-9-16/h3-6,8-12,20-26,29-30H,1,7,13-15H2,2H3/t20-,21-,22-,23-,24-,25+,26-,27+/m0/s1. The van der Waals surface area contributed by atoms with E-state index in [1.807, 2.05) is 24.3 Å². The summed E-state index contributed by atoms with van der Waals surface area (Å²) in [6.45, 7) is 6.14. The van der Waals surface area contributed by atoms with Crippen molar-refractivity contribution < 1.29 is 14.6 Å². The lowest BCUT2D eigenvalue weighted by atomic mass is 9.50. The summed E-state index contributed by atoms with van der Waals surface area (Å²) >= 11 is 0. The Kier molecular flexibility index (Phi) is 4.77. The van der Waals surface area contributed by atoms with Gasteiger partial charge < -0.3 is 10.2 Å². The van der Waals surface area contributed by atoms with Crippen LogP contribution in [0.15, 0.2) is 61.2 Å². The zero-order valence-corrected chi connectivity index (χ0v) is 17.5. The van der Waals surface area contributed by atoms with E-state index in [0.717, 1.165) is 24.0 Å². The number of alkyl halides is 1. The lowest BCUT2D eigenvalue weighted by molar-refractivity contribution is -0.0263. The summed E-state index contributed by atoms with van der Waals surface area (Å²) in [5.41, 5.74) is 3.15. The van der Waals surface area contributed by atoms with Crippen molar-refractivity contribution in [3.63, 3.8) is 0 Å².